The van der Waals surface area contributed by atoms with Crippen molar-refractivity contribution in [2.45, 2.75) is 50.2 Å². The molecule has 0 amide bonds. The number of benzene rings is 1. The maximum Gasteiger partial charge on any atom is 0.321 e. The highest BCUT2D eigenvalue weighted by atomic mass is 32.2. The number of hydrogen-bond acceptors (Lipinski definition) is 6. The Morgan fingerprint density at radius 1 is 1.24 bits per heavy atom. The number of rotatable bonds is 5. The number of nitrogens with zero attached hydrogens (tertiary/aromatic N) is 1. The predicted molar refractivity (Wildman–Crippen MR) is 94.9 cm³/mol. The van der Waals surface area contributed by atoms with Crippen LogP contribution in [0.25, 0.3) is 0 Å². The number of carbonyl (C=O) groups is 1. The molecule has 2 N–H and O–H groups in total. The fourth-order valence-corrected chi connectivity index (χ4v) is 3.54. The molecule has 1 heterocycles. The molecule has 0 bridgehead atoms. The van der Waals surface area contributed by atoms with Gasteiger partial charge in [-0.15, -0.1) is 0 Å². The van der Waals surface area contributed by atoms with E-state index in [1.165, 1.54) is 12.1 Å². The summed E-state index contributed by atoms with van der Waals surface area (Å²) in [5.41, 5.74) is 0.254. The molecule has 0 spiro atoms. The number of piperidine rings is 1. The van der Waals surface area contributed by atoms with Gasteiger partial charge in [0.2, 0.25) is 10.0 Å². The molecule has 2 rings (SSSR count). The summed E-state index contributed by atoms with van der Waals surface area (Å²) < 4.78 is 31.9. The van der Waals surface area contributed by atoms with Crippen LogP contribution in [0, 0.1) is 0 Å². The molecule has 25 heavy (non-hydrogen) atoms. The van der Waals surface area contributed by atoms with Crippen molar-refractivity contribution in [1.82, 2.24) is 4.72 Å². The van der Waals surface area contributed by atoms with Crippen molar-refractivity contribution in [3.63, 3.8) is 0 Å². The van der Waals surface area contributed by atoms with Crippen molar-refractivity contribution in [3.05, 3.63) is 24.3 Å². The number of aliphatic hydroxyl groups is 1. The highest BCUT2D eigenvalue weighted by Gasteiger charge is 2.21. The SMILES string of the molecule is CC(C)(C)OC(=O)CNS(=O)(=O)c1ccc(N2CCC(O)CC2)cc1. The molecule has 1 aromatic rings. The molecule has 0 saturated carbocycles. The van der Waals surface area contributed by atoms with Gasteiger partial charge in [-0.05, 0) is 57.9 Å². The molecule has 0 atom stereocenters. The standard InChI is InChI=1S/C17H26N2O5S/c1-17(2,3)24-16(21)12-18-25(22,23)15-6-4-13(5-7-15)19-10-8-14(20)9-11-19/h4-7,14,18,20H,8-12H2,1-3H3. The second-order valence-corrected chi connectivity index (χ2v) is 8.89. The molecular formula is C17H26N2O5S. The largest absolute Gasteiger partial charge is 0.459 e. The molecule has 1 saturated heterocycles. The summed E-state index contributed by atoms with van der Waals surface area (Å²) in [5, 5.41) is 9.55. The van der Waals surface area contributed by atoms with Crippen LogP contribution in [0.3, 0.4) is 0 Å². The zero-order valence-electron chi connectivity index (χ0n) is 14.9. The van der Waals surface area contributed by atoms with Crippen molar-refractivity contribution in [1.29, 1.82) is 0 Å². The van der Waals surface area contributed by atoms with E-state index in [2.05, 4.69) is 9.62 Å². The minimum absolute atomic E-state index is 0.0943. The third-order valence-corrected chi connectivity index (χ3v) is 5.22. The zero-order valence-corrected chi connectivity index (χ0v) is 15.7. The topological polar surface area (TPSA) is 95.9 Å². The van der Waals surface area contributed by atoms with Crippen LogP contribution in [0.4, 0.5) is 5.69 Å². The van der Waals surface area contributed by atoms with Gasteiger partial charge >= 0.3 is 5.97 Å². The van der Waals surface area contributed by atoms with Crippen LogP contribution in [0.15, 0.2) is 29.2 Å². The second kappa shape index (κ2) is 7.72. The zero-order chi connectivity index (χ0) is 18.7. The number of hydrogen-bond donors (Lipinski definition) is 2. The molecule has 0 aromatic heterocycles. The molecule has 1 aromatic carbocycles. The average molecular weight is 370 g/mol. The lowest BCUT2D eigenvalue weighted by Gasteiger charge is -2.31. The Morgan fingerprint density at radius 3 is 2.32 bits per heavy atom. The Morgan fingerprint density at radius 2 is 1.80 bits per heavy atom. The Balaban J connectivity index is 1.97. The third-order valence-electron chi connectivity index (χ3n) is 3.80. The van der Waals surface area contributed by atoms with Crippen molar-refractivity contribution >= 4 is 21.7 Å². The first-order valence-corrected chi connectivity index (χ1v) is 9.80. The van der Waals surface area contributed by atoms with E-state index in [4.69, 9.17) is 4.74 Å². The molecule has 7 nitrogen and oxygen atoms in total. The summed E-state index contributed by atoms with van der Waals surface area (Å²) in [5.74, 6) is -0.625. The number of esters is 1. The molecule has 1 aliphatic rings. The summed E-state index contributed by atoms with van der Waals surface area (Å²) in [6.45, 7) is 6.23. The molecule has 1 aliphatic heterocycles. The van der Waals surface area contributed by atoms with E-state index in [1.807, 2.05) is 0 Å². The third kappa shape index (κ3) is 5.98. The Labute approximate surface area is 149 Å². The monoisotopic (exact) mass is 370 g/mol. The molecule has 140 valence electrons. The van der Waals surface area contributed by atoms with Crippen LogP contribution in [-0.4, -0.2) is 50.8 Å². The highest BCUT2D eigenvalue weighted by molar-refractivity contribution is 7.89. The Bertz CT molecular complexity index is 687. The Hall–Kier alpha value is -1.64. The quantitative estimate of drug-likeness (QED) is 0.758. The van der Waals surface area contributed by atoms with Gasteiger partial charge in [0.15, 0.2) is 0 Å². The smallest absolute Gasteiger partial charge is 0.321 e. The first kappa shape index (κ1) is 19.7. The van der Waals surface area contributed by atoms with Crippen molar-refractivity contribution in [2.75, 3.05) is 24.5 Å². The van der Waals surface area contributed by atoms with E-state index >= 15 is 0 Å². The van der Waals surface area contributed by atoms with Gasteiger partial charge in [0.1, 0.15) is 12.1 Å². The molecule has 0 unspecified atom stereocenters. The van der Waals surface area contributed by atoms with Gasteiger partial charge in [-0.1, -0.05) is 0 Å². The lowest BCUT2D eigenvalue weighted by molar-refractivity contribution is -0.153. The van der Waals surface area contributed by atoms with Crippen LogP contribution < -0.4 is 9.62 Å². The molecule has 0 aliphatic carbocycles. The van der Waals surface area contributed by atoms with E-state index < -0.39 is 28.1 Å². The number of aliphatic hydroxyl groups excluding tert-OH is 1. The first-order valence-electron chi connectivity index (χ1n) is 8.31. The van der Waals surface area contributed by atoms with Gasteiger partial charge in [0.25, 0.3) is 0 Å². The lowest BCUT2D eigenvalue weighted by Crippen LogP contribution is -2.36. The summed E-state index contributed by atoms with van der Waals surface area (Å²) in [4.78, 5) is 13.9. The average Bonchev–Trinajstić information content (AvgIpc) is 2.52. The number of carbonyl (C=O) groups excluding carboxylic acids is 1. The number of nitrogens with one attached hydrogen (secondary N) is 1. The van der Waals surface area contributed by atoms with Crippen LogP contribution >= 0.6 is 0 Å². The van der Waals surface area contributed by atoms with E-state index in [0.717, 1.165) is 18.8 Å². The van der Waals surface area contributed by atoms with Gasteiger partial charge in [-0.2, -0.15) is 4.72 Å². The minimum Gasteiger partial charge on any atom is -0.459 e. The maximum atomic E-state index is 12.3. The van der Waals surface area contributed by atoms with Gasteiger partial charge in [-0.25, -0.2) is 8.42 Å². The van der Waals surface area contributed by atoms with E-state index in [0.29, 0.717) is 12.8 Å². The first-order chi connectivity index (χ1) is 11.6. The van der Waals surface area contributed by atoms with E-state index in [9.17, 15) is 18.3 Å². The van der Waals surface area contributed by atoms with Crippen molar-refractivity contribution < 1.29 is 23.1 Å². The van der Waals surface area contributed by atoms with Gasteiger partial charge < -0.3 is 14.7 Å². The minimum atomic E-state index is -3.78. The van der Waals surface area contributed by atoms with Crippen LogP contribution in [0.2, 0.25) is 0 Å². The van der Waals surface area contributed by atoms with E-state index in [-0.39, 0.29) is 11.0 Å². The molecule has 0 radical (unpaired) electrons. The molecule has 1 fully saturated rings. The van der Waals surface area contributed by atoms with Gasteiger partial charge in [-0.3, -0.25) is 4.79 Å². The van der Waals surface area contributed by atoms with E-state index in [1.54, 1.807) is 32.9 Å². The number of sulfonamides is 1. The van der Waals surface area contributed by atoms with Crippen molar-refractivity contribution in [2.24, 2.45) is 0 Å². The lowest BCUT2D eigenvalue weighted by atomic mass is 10.1. The fraction of sp³-hybridized carbons (Fsp3) is 0.588. The van der Waals surface area contributed by atoms with Gasteiger partial charge in [0, 0.05) is 18.8 Å². The fourth-order valence-electron chi connectivity index (χ4n) is 2.58. The maximum absolute atomic E-state index is 12.3. The summed E-state index contributed by atoms with van der Waals surface area (Å²) in [7, 11) is -3.78. The summed E-state index contributed by atoms with van der Waals surface area (Å²) >= 11 is 0. The second-order valence-electron chi connectivity index (χ2n) is 7.12. The Kier molecular flexibility index (Phi) is 6.08. The number of ether oxygens (including phenoxy) is 1. The molecule has 8 heteroatoms. The van der Waals surface area contributed by atoms with Crippen LogP contribution in [0.5, 0.6) is 0 Å². The number of anilines is 1. The molecular weight excluding hydrogens is 344 g/mol. The normalized spacial score (nSPS) is 16.7. The van der Waals surface area contributed by atoms with Crippen molar-refractivity contribution in [3.8, 4) is 0 Å². The summed E-state index contributed by atoms with van der Waals surface area (Å²) in [6, 6.07) is 6.50. The van der Waals surface area contributed by atoms with Gasteiger partial charge in [0.05, 0.1) is 11.0 Å². The predicted octanol–water partition coefficient (Wildman–Crippen LogP) is 1.27. The van der Waals surface area contributed by atoms with Crippen LogP contribution in [0.1, 0.15) is 33.6 Å². The highest BCUT2D eigenvalue weighted by Crippen LogP contribution is 2.22. The van der Waals surface area contributed by atoms with Crippen LogP contribution in [-0.2, 0) is 19.6 Å². The summed E-state index contributed by atoms with van der Waals surface area (Å²) in [6.07, 6.45) is 1.16.